The van der Waals surface area contributed by atoms with E-state index in [2.05, 4.69) is 206 Å². The first-order valence-electron chi connectivity index (χ1n) is 26.1. The predicted octanol–water partition coefficient (Wildman–Crippen LogP) is 16.0. The zero-order valence-corrected chi connectivity index (χ0v) is 41.8. The van der Waals surface area contributed by atoms with Gasteiger partial charge in [-0.05, 0) is 137 Å². The molecule has 67 heavy (non-hydrogen) atoms. The Kier molecular flexibility index (Phi) is 12.4. The molecule has 0 amide bonds. The van der Waals surface area contributed by atoms with Gasteiger partial charge < -0.3 is 14.2 Å². The Hall–Kier alpha value is -4.28. The number of rotatable bonds is 13. The first-order valence-corrected chi connectivity index (χ1v) is 26.1. The highest BCUT2D eigenvalue weighted by Crippen LogP contribution is 2.76. The van der Waals surface area contributed by atoms with Gasteiger partial charge in [0.15, 0.2) is 0 Å². The van der Waals surface area contributed by atoms with Crippen molar-refractivity contribution in [2.45, 2.75) is 144 Å². The minimum absolute atomic E-state index is 0.0916. The summed E-state index contributed by atoms with van der Waals surface area (Å²) in [5.41, 5.74) is 7.87. The van der Waals surface area contributed by atoms with Crippen LogP contribution in [0.3, 0.4) is 0 Å². The van der Waals surface area contributed by atoms with Crippen LogP contribution < -0.4 is 0 Å². The first kappa shape index (κ1) is 46.4. The van der Waals surface area contributed by atoms with Gasteiger partial charge in [0.1, 0.15) is 5.60 Å². The van der Waals surface area contributed by atoms with Crippen molar-refractivity contribution in [1.82, 2.24) is 0 Å². The summed E-state index contributed by atoms with van der Waals surface area (Å²) in [5.74, 6) is 1.65. The van der Waals surface area contributed by atoms with Crippen molar-refractivity contribution < 1.29 is 14.2 Å². The van der Waals surface area contributed by atoms with E-state index in [1.165, 1.54) is 56.1 Å². The van der Waals surface area contributed by atoms with Crippen molar-refractivity contribution in [3.8, 4) is 0 Å². The summed E-state index contributed by atoms with van der Waals surface area (Å²) in [5, 5.41) is 0. The van der Waals surface area contributed by atoms with Gasteiger partial charge in [-0.15, -0.1) is 0 Å². The van der Waals surface area contributed by atoms with E-state index in [1.54, 1.807) is 5.57 Å². The van der Waals surface area contributed by atoms with Crippen LogP contribution in [0.5, 0.6) is 0 Å². The van der Waals surface area contributed by atoms with E-state index < -0.39 is 5.60 Å². The molecule has 1 unspecified atom stereocenters. The van der Waals surface area contributed by atoms with E-state index in [0.29, 0.717) is 37.6 Å². The Labute approximate surface area is 404 Å². The molecule has 0 aromatic heterocycles. The highest BCUT2D eigenvalue weighted by Gasteiger charge is 2.69. The molecule has 0 heterocycles. The van der Waals surface area contributed by atoms with E-state index in [4.69, 9.17) is 14.2 Å². The number of hydrogen-bond donors (Lipinski definition) is 0. The van der Waals surface area contributed by atoms with Crippen molar-refractivity contribution >= 4 is 0 Å². The number of allylic oxidation sites excluding steroid dienone is 2. The third kappa shape index (κ3) is 7.92. The van der Waals surface area contributed by atoms with Crippen LogP contribution in [-0.2, 0) is 33.0 Å². The lowest BCUT2D eigenvalue weighted by Gasteiger charge is -2.72. The molecule has 0 aliphatic heterocycles. The van der Waals surface area contributed by atoms with E-state index >= 15 is 0 Å². The van der Waals surface area contributed by atoms with Crippen molar-refractivity contribution in [2.75, 3.05) is 6.61 Å². The van der Waals surface area contributed by atoms with Gasteiger partial charge in [-0.2, -0.15) is 0 Å². The lowest BCUT2D eigenvalue weighted by Crippen LogP contribution is -2.66. The van der Waals surface area contributed by atoms with Gasteiger partial charge >= 0.3 is 0 Å². The van der Waals surface area contributed by atoms with Crippen LogP contribution in [-0.4, -0.2) is 18.8 Å². The molecule has 3 heteroatoms. The third-order valence-electron chi connectivity index (χ3n) is 19.9. The standard InChI is InChI=1S/C64H78O3/c1-58(2)43-53-52-33-34-55-60(4)37-36-56(65-45-47-23-13-8-14-24-47)61(5,41-42-67-64(49-27-17-10-18-28-49,50-29-19-11-20-30-50)51-31-21-12-22-32-51)54(60)35-38-63(55,7)62(52,6)40-39-59(53,3)57(44-58)66-46-48-25-15-9-16-26-48/h8-33,53-57H,34-46H2,1-7H3/t53-,54?,55-,56+,57-,59-,60+,61+,62-,63-/m1/s1. The SMILES string of the molecule is CC1(C)C[C@@H]2C3=CC[C@@H]4[C@@]5(C)CC[C@H](OCc6ccccc6)[C@@](C)(CCOC(c6ccccc6)(c6ccccc6)c6ccccc6)C5CC[C@@]4(C)[C@]3(C)CC[C@@]2(C)[C@H](OCc2ccccc2)C1. The predicted molar refractivity (Wildman–Crippen MR) is 274 cm³/mol. The molecule has 0 N–H and O–H groups in total. The minimum Gasteiger partial charge on any atom is -0.373 e. The maximum Gasteiger partial charge on any atom is 0.143 e. The average Bonchev–Trinajstić information content (AvgIpc) is 3.34. The molecule has 4 saturated carbocycles. The highest BCUT2D eigenvalue weighted by atomic mass is 16.5. The van der Waals surface area contributed by atoms with Gasteiger partial charge in [-0.1, -0.05) is 212 Å². The summed E-state index contributed by atoms with van der Waals surface area (Å²) < 4.78 is 22.0. The van der Waals surface area contributed by atoms with Gasteiger partial charge in [-0.3, -0.25) is 0 Å². The molecule has 5 aromatic carbocycles. The molecule has 0 saturated heterocycles. The fourth-order valence-electron chi connectivity index (χ4n) is 16.0. The van der Waals surface area contributed by atoms with Crippen LogP contribution in [0.2, 0.25) is 0 Å². The second kappa shape index (κ2) is 17.9. The summed E-state index contributed by atoms with van der Waals surface area (Å²) >= 11 is 0. The summed E-state index contributed by atoms with van der Waals surface area (Å²) in [6.45, 7) is 20.5. The molecule has 3 nitrogen and oxygen atoms in total. The quantitative estimate of drug-likeness (QED) is 0.0871. The lowest BCUT2D eigenvalue weighted by atomic mass is 9.33. The average molecular weight is 895 g/mol. The normalized spacial score (nSPS) is 34.4. The van der Waals surface area contributed by atoms with Crippen molar-refractivity contribution in [3.63, 3.8) is 0 Å². The third-order valence-corrected chi connectivity index (χ3v) is 19.9. The zero-order chi connectivity index (χ0) is 46.5. The molecule has 10 atom stereocenters. The van der Waals surface area contributed by atoms with Crippen molar-refractivity contribution in [1.29, 1.82) is 0 Å². The molecule has 352 valence electrons. The van der Waals surface area contributed by atoms with Crippen LogP contribution in [0.4, 0.5) is 0 Å². The lowest BCUT2D eigenvalue weighted by molar-refractivity contribution is -0.227. The monoisotopic (exact) mass is 895 g/mol. The second-order valence-electron chi connectivity index (χ2n) is 23.9. The molecule has 0 radical (unpaired) electrons. The first-order chi connectivity index (χ1) is 32.3. The Morgan fingerprint density at radius 2 is 1.01 bits per heavy atom. The zero-order valence-electron chi connectivity index (χ0n) is 41.8. The molecular weight excluding hydrogens is 817 g/mol. The smallest absolute Gasteiger partial charge is 0.143 e. The molecule has 5 aliphatic carbocycles. The van der Waals surface area contributed by atoms with Crippen LogP contribution in [0.25, 0.3) is 0 Å². The van der Waals surface area contributed by atoms with Crippen LogP contribution in [0, 0.1) is 50.2 Å². The summed E-state index contributed by atoms with van der Waals surface area (Å²) in [6, 6.07) is 54.5. The van der Waals surface area contributed by atoms with Gasteiger partial charge in [0.25, 0.3) is 0 Å². The molecule has 0 bridgehead atoms. The Bertz CT molecular complexity index is 2370. The Balaban J connectivity index is 0.982. The maximum atomic E-state index is 7.65. The molecule has 0 spiro atoms. The van der Waals surface area contributed by atoms with E-state index in [1.807, 2.05) is 0 Å². The fraction of sp³-hybridized carbons (Fsp3) is 0.500. The number of ether oxygens (including phenoxy) is 3. The molecule has 5 aromatic rings. The summed E-state index contributed by atoms with van der Waals surface area (Å²) in [6.07, 6.45) is 15.0. The van der Waals surface area contributed by atoms with Gasteiger partial charge in [0.05, 0.1) is 25.4 Å². The Morgan fingerprint density at radius 3 is 1.55 bits per heavy atom. The largest absolute Gasteiger partial charge is 0.373 e. The van der Waals surface area contributed by atoms with Crippen molar-refractivity contribution in [3.05, 3.63) is 191 Å². The maximum absolute atomic E-state index is 7.65. The molecule has 4 fully saturated rings. The number of fused-ring (bicyclic) bond motifs is 7. The van der Waals surface area contributed by atoms with Gasteiger partial charge in [0, 0.05) is 12.0 Å². The van der Waals surface area contributed by atoms with E-state index in [0.717, 1.165) is 36.0 Å². The summed E-state index contributed by atoms with van der Waals surface area (Å²) in [7, 11) is 0. The second-order valence-corrected chi connectivity index (χ2v) is 23.9. The van der Waals surface area contributed by atoms with Crippen LogP contribution in [0.1, 0.15) is 140 Å². The van der Waals surface area contributed by atoms with Crippen LogP contribution in [0.15, 0.2) is 163 Å². The topological polar surface area (TPSA) is 27.7 Å². The summed E-state index contributed by atoms with van der Waals surface area (Å²) in [4.78, 5) is 0. The van der Waals surface area contributed by atoms with E-state index in [9.17, 15) is 0 Å². The van der Waals surface area contributed by atoms with Crippen molar-refractivity contribution in [2.24, 2.45) is 50.2 Å². The molecule has 10 rings (SSSR count). The fourth-order valence-corrected chi connectivity index (χ4v) is 16.0. The van der Waals surface area contributed by atoms with E-state index in [-0.39, 0.29) is 44.7 Å². The number of hydrogen-bond acceptors (Lipinski definition) is 3. The van der Waals surface area contributed by atoms with Gasteiger partial charge in [0.2, 0.25) is 0 Å². The Morgan fingerprint density at radius 1 is 0.507 bits per heavy atom. The highest BCUT2D eigenvalue weighted by molar-refractivity contribution is 5.47. The minimum atomic E-state index is -0.752. The van der Waals surface area contributed by atoms with Crippen LogP contribution >= 0.6 is 0 Å². The molecule has 5 aliphatic rings. The molecular formula is C64H78O3. The van der Waals surface area contributed by atoms with Gasteiger partial charge in [-0.25, -0.2) is 0 Å². The number of benzene rings is 5.